The molecule has 2 rings (SSSR count). The fraction of sp³-hybridized carbons (Fsp3) is 1.00. The van der Waals surface area contributed by atoms with Crippen LogP contribution in [0.25, 0.3) is 0 Å². The molecule has 0 aromatic heterocycles. The quantitative estimate of drug-likeness (QED) is 0.809. The summed E-state index contributed by atoms with van der Waals surface area (Å²) in [4.78, 5) is 2.64. The Bertz CT molecular complexity index is 225. The van der Waals surface area contributed by atoms with Crippen LogP contribution in [0.5, 0.6) is 0 Å². The molecule has 0 aromatic carbocycles. The molecule has 3 unspecified atom stereocenters. The maximum Gasteiger partial charge on any atom is 0.00722 e. The van der Waals surface area contributed by atoms with Gasteiger partial charge in [0.05, 0.1) is 0 Å². The molecule has 1 saturated heterocycles. The molecule has 1 aliphatic carbocycles. The zero-order valence-corrected chi connectivity index (χ0v) is 12.6. The molecule has 1 saturated carbocycles. The third-order valence-corrected chi connectivity index (χ3v) is 4.70. The van der Waals surface area contributed by atoms with Crippen LogP contribution in [0.1, 0.15) is 52.9 Å². The standard InChI is InChI=1S/C16H32N2/c1-13-8-14(2)10-16(9-13)17-11-15(3)12-18-6-4-5-7-18/h13-17H,4-12H2,1-3H3. The Morgan fingerprint density at radius 3 is 2.28 bits per heavy atom. The van der Waals surface area contributed by atoms with Crippen molar-refractivity contribution in [3.63, 3.8) is 0 Å². The fourth-order valence-corrected chi connectivity index (χ4v) is 3.95. The average molecular weight is 252 g/mol. The minimum Gasteiger partial charge on any atom is -0.314 e. The van der Waals surface area contributed by atoms with Crippen LogP contribution in [0.2, 0.25) is 0 Å². The van der Waals surface area contributed by atoms with Crippen LogP contribution < -0.4 is 5.32 Å². The Morgan fingerprint density at radius 2 is 1.67 bits per heavy atom. The van der Waals surface area contributed by atoms with Crippen molar-refractivity contribution in [2.24, 2.45) is 17.8 Å². The Balaban J connectivity index is 1.63. The Kier molecular flexibility index (Phi) is 5.50. The van der Waals surface area contributed by atoms with Crippen LogP contribution in [-0.4, -0.2) is 37.1 Å². The minimum atomic E-state index is 0.782. The molecule has 0 bridgehead atoms. The molecule has 106 valence electrons. The highest BCUT2D eigenvalue weighted by molar-refractivity contribution is 4.80. The second-order valence-electron chi connectivity index (χ2n) is 7.14. The molecule has 1 N–H and O–H groups in total. The van der Waals surface area contributed by atoms with E-state index in [0.29, 0.717) is 0 Å². The summed E-state index contributed by atoms with van der Waals surface area (Å²) in [5.74, 6) is 2.64. The summed E-state index contributed by atoms with van der Waals surface area (Å²) >= 11 is 0. The van der Waals surface area contributed by atoms with Crippen molar-refractivity contribution in [3.8, 4) is 0 Å². The van der Waals surface area contributed by atoms with E-state index < -0.39 is 0 Å². The van der Waals surface area contributed by atoms with Gasteiger partial charge in [-0.15, -0.1) is 0 Å². The van der Waals surface area contributed by atoms with Gasteiger partial charge in [-0.05, 0) is 69.5 Å². The molecule has 3 atom stereocenters. The maximum absolute atomic E-state index is 3.83. The highest BCUT2D eigenvalue weighted by Crippen LogP contribution is 2.28. The highest BCUT2D eigenvalue weighted by Gasteiger charge is 2.24. The van der Waals surface area contributed by atoms with Gasteiger partial charge >= 0.3 is 0 Å². The van der Waals surface area contributed by atoms with E-state index in [2.05, 4.69) is 31.0 Å². The summed E-state index contributed by atoms with van der Waals surface area (Å²) in [5.41, 5.74) is 0. The van der Waals surface area contributed by atoms with Crippen LogP contribution in [0, 0.1) is 17.8 Å². The Hall–Kier alpha value is -0.0800. The zero-order valence-electron chi connectivity index (χ0n) is 12.6. The van der Waals surface area contributed by atoms with Crippen molar-refractivity contribution < 1.29 is 0 Å². The molecule has 18 heavy (non-hydrogen) atoms. The number of nitrogens with one attached hydrogen (secondary N) is 1. The normalized spacial score (nSPS) is 35.8. The van der Waals surface area contributed by atoms with E-state index in [1.54, 1.807) is 0 Å². The smallest absolute Gasteiger partial charge is 0.00722 e. The molecular weight excluding hydrogens is 220 g/mol. The van der Waals surface area contributed by atoms with E-state index in [4.69, 9.17) is 0 Å². The highest BCUT2D eigenvalue weighted by atomic mass is 15.1. The van der Waals surface area contributed by atoms with E-state index in [0.717, 1.165) is 23.8 Å². The summed E-state index contributed by atoms with van der Waals surface area (Å²) in [6, 6.07) is 0.782. The number of nitrogens with zero attached hydrogens (tertiary/aromatic N) is 1. The van der Waals surface area contributed by atoms with E-state index in [1.165, 1.54) is 58.3 Å². The Morgan fingerprint density at radius 1 is 1.06 bits per heavy atom. The molecule has 0 radical (unpaired) electrons. The zero-order chi connectivity index (χ0) is 13.0. The lowest BCUT2D eigenvalue weighted by atomic mass is 9.80. The first-order chi connectivity index (χ1) is 8.63. The second kappa shape index (κ2) is 6.91. The van der Waals surface area contributed by atoms with Crippen LogP contribution in [0.4, 0.5) is 0 Å². The molecule has 1 aliphatic heterocycles. The van der Waals surface area contributed by atoms with Crippen molar-refractivity contribution in [1.29, 1.82) is 0 Å². The first-order valence-electron chi connectivity index (χ1n) is 8.09. The molecular formula is C16H32N2. The van der Waals surface area contributed by atoms with Crippen molar-refractivity contribution in [1.82, 2.24) is 10.2 Å². The Labute approximate surface area is 114 Å². The molecule has 0 spiro atoms. The average Bonchev–Trinajstić information content (AvgIpc) is 2.78. The van der Waals surface area contributed by atoms with E-state index in [1.807, 2.05) is 0 Å². The third kappa shape index (κ3) is 4.55. The summed E-state index contributed by atoms with van der Waals surface area (Å²) in [5, 5.41) is 3.83. The number of rotatable bonds is 5. The van der Waals surface area contributed by atoms with Crippen LogP contribution in [0.15, 0.2) is 0 Å². The molecule has 0 aromatic rings. The van der Waals surface area contributed by atoms with Crippen molar-refractivity contribution >= 4 is 0 Å². The minimum absolute atomic E-state index is 0.782. The largest absolute Gasteiger partial charge is 0.314 e. The van der Waals surface area contributed by atoms with Crippen LogP contribution >= 0.6 is 0 Å². The topological polar surface area (TPSA) is 15.3 Å². The van der Waals surface area contributed by atoms with Gasteiger partial charge in [-0.3, -0.25) is 0 Å². The van der Waals surface area contributed by atoms with Gasteiger partial charge in [0.15, 0.2) is 0 Å². The first kappa shape index (κ1) is 14.3. The number of likely N-dealkylation sites (tertiary alicyclic amines) is 1. The van der Waals surface area contributed by atoms with Crippen LogP contribution in [0.3, 0.4) is 0 Å². The molecule has 1 heterocycles. The van der Waals surface area contributed by atoms with Crippen molar-refractivity contribution in [2.45, 2.75) is 58.9 Å². The monoisotopic (exact) mass is 252 g/mol. The van der Waals surface area contributed by atoms with Crippen molar-refractivity contribution in [2.75, 3.05) is 26.2 Å². The van der Waals surface area contributed by atoms with Gasteiger partial charge in [0, 0.05) is 12.6 Å². The predicted molar refractivity (Wildman–Crippen MR) is 78.8 cm³/mol. The maximum atomic E-state index is 3.83. The van der Waals surface area contributed by atoms with Gasteiger partial charge in [0.25, 0.3) is 0 Å². The van der Waals surface area contributed by atoms with Crippen molar-refractivity contribution in [3.05, 3.63) is 0 Å². The summed E-state index contributed by atoms with van der Waals surface area (Å²) in [7, 11) is 0. The summed E-state index contributed by atoms with van der Waals surface area (Å²) in [6.45, 7) is 12.4. The lowest BCUT2D eigenvalue weighted by Crippen LogP contribution is -2.40. The van der Waals surface area contributed by atoms with Gasteiger partial charge in [-0.1, -0.05) is 20.8 Å². The first-order valence-corrected chi connectivity index (χ1v) is 8.09. The van der Waals surface area contributed by atoms with E-state index in [9.17, 15) is 0 Å². The van der Waals surface area contributed by atoms with Gasteiger partial charge in [-0.2, -0.15) is 0 Å². The van der Waals surface area contributed by atoms with Gasteiger partial charge < -0.3 is 10.2 Å². The summed E-state index contributed by atoms with van der Waals surface area (Å²) < 4.78 is 0. The molecule has 2 nitrogen and oxygen atoms in total. The lowest BCUT2D eigenvalue weighted by Gasteiger charge is -2.33. The molecule has 2 fully saturated rings. The fourth-order valence-electron chi connectivity index (χ4n) is 3.95. The molecule has 2 heteroatoms. The SMILES string of the molecule is CC1CC(C)CC(NCC(C)CN2CCCC2)C1. The number of hydrogen-bond donors (Lipinski definition) is 1. The van der Waals surface area contributed by atoms with E-state index >= 15 is 0 Å². The third-order valence-electron chi connectivity index (χ3n) is 4.70. The molecule has 2 aliphatic rings. The van der Waals surface area contributed by atoms with Gasteiger partial charge in [-0.25, -0.2) is 0 Å². The molecule has 0 amide bonds. The van der Waals surface area contributed by atoms with E-state index in [-0.39, 0.29) is 0 Å². The van der Waals surface area contributed by atoms with Gasteiger partial charge in [0.2, 0.25) is 0 Å². The second-order valence-corrected chi connectivity index (χ2v) is 7.14. The number of hydrogen-bond acceptors (Lipinski definition) is 2. The van der Waals surface area contributed by atoms with Gasteiger partial charge in [0.1, 0.15) is 0 Å². The summed E-state index contributed by atoms with van der Waals surface area (Å²) in [6.07, 6.45) is 7.04. The van der Waals surface area contributed by atoms with Crippen LogP contribution in [-0.2, 0) is 0 Å². The predicted octanol–water partition coefficient (Wildman–Crippen LogP) is 3.13. The lowest BCUT2D eigenvalue weighted by molar-refractivity contribution is 0.222.